The summed E-state index contributed by atoms with van der Waals surface area (Å²) >= 11 is 0. The number of rotatable bonds is 3. The van der Waals surface area contributed by atoms with E-state index >= 15 is 0 Å². The third kappa shape index (κ3) is 2.06. The van der Waals surface area contributed by atoms with E-state index in [4.69, 9.17) is 14.9 Å². The van der Waals surface area contributed by atoms with Gasteiger partial charge in [0.15, 0.2) is 0 Å². The van der Waals surface area contributed by atoms with E-state index in [9.17, 15) is 4.39 Å². The fourth-order valence-electron chi connectivity index (χ4n) is 1.50. The monoisotopic (exact) mass is 221 g/mol. The van der Waals surface area contributed by atoms with Gasteiger partial charge in [-0.2, -0.15) is 0 Å². The maximum Gasteiger partial charge on any atom is 0.136 e. The molecule has 4 heteroatoms. The Bertz CT molecular complexity index is 494. The van der Waals surface area contributed by atoms with Gasteiger partial charge in [0, 0.05) is 18.4 Å². The van der Waals surface area contributed by atoms with Crippen LogP contribution in [0.2, 0.25) is 0 Å². The first kappa shape index (κ1) is 10.7. The molecule has 0 atom stereocenters. The van der Waals surface area contributed by atoms with Gasteiger partial charge in [-0.05, 0) is 30.3 Å². The van der Waals surface area contributed by atoms with Crippen LogP contribution in [0.25, 0.3) is 11.3 Å². The molecule has 2 N–H and O–H groups in total. The summed E-state index contributed by atoms with van der Waals surface area (Å²) < 4.78 is 23.3. The van der Waals surface area contributed by atoms with Crippen LogP contribution >= 0.6 is 0 Å². The third-order valence-electron chi connectivity index (χ3n) is 2.23. The Morgan fingerprint density at radius 2 is 2.12 bits per heavy atom. The highest BCUT2D eigenvalue weighted by atomic mass is 19.1. The van der Waals surface area contributed by atoms with Crippen LogP contribution < -0.4 is 5.73 Å². The van der Waals surface area contributed by atoms with E-state index in [1.807, 2.05) is 6.07 Å². The SMILES string of the molecule is COCc1ccc(-c2ccc(F)cc2N)o1. The largest absolute Gasteiger partial charge is 0.459 e. The van der Waals surface area contributed by atoms with Crippen LogP contribution in [-0.2, 0) is 11.3 Å². The second-order valence-corrected chi connectivity index (χ2v) is 3.43. The second kappa shape index (κ2) is 4.37. The number of nitrogens with two attached hydrogens (primary N) is 1. The van der Waals surface area contributed by atoms with Gasteiger partial charge in [0.25, 0.3) is 0 Å². The number of halogens is 1. The van der Waals surface area contributed by atoms with Gasteiger partial charge in [0.2, 0.25) is 0 Å². The molecule has 1 heterocycles. The molecule has 1 aromatic heterocycles. The van der Waals surface area contributed by atoms with Crippen LogP contribution in [0.1, 0.15) is 5.76 Å². The molecule has 0 spiro atoms. The maximum atomic E-state index is 12.9. The van der Waals surface area contributed by atoms with Crippen LogP contribution in [-0.4, -0.2) is 7.11 Å². The molecular weight excluding hydrogens is 209 g/mol. The van der Waals surface area contributed by atoms with Crippen molar-refractivity contribution in [1.29, 1.82) is 0 Å². The minimum Gasteiger partial charge on any atom is -0.459 e. The normalized spacial score (nSPS) is 10.6. The topological polar surface area (TPSA) is 48.4 Å². The molecule has 0 fully saturated rings. The molecule has 0 aliphatic rings. The van der Waals surface area contributed by atoms with E-state index in [2.05, 4.69) is 0 Å². The molecule has 84 valence electrons. The van der Waals surface area contributed by atoms with E-state index < -0.39 is 0 Å². The molecule has 0 amide bonds. The van der Waals surface area contributed by atoms with Gasteiger partial charge >= 0.3 is 0 Å². The van der Waals surface area contributed by atoms with Crippen molar-refractivity contribution in [3.63, 3.8) is 0 Å². The third-order valence-corrected chi connectivity index (χ3v) is 2.23. The molecule has 3 nitrogen and oxygen atoms in total. The van der Waals surface area contributed by atoms with E-state index in [0.717, 1.165) is 0 Å². The average Bonchev–Trinajstić information content (AvgIpc) is 2.67. The fraction of sp³-hybridized carbons (Fsp3) is 0.167. The number of furan rings is 1. The summed E-state index contributed by atoms with van der Waals surface area (Å²) in [5, 5.41) is 0. The molecular formula is C12H12FNO2. The molecule has 0 aliphatic heterocycles. The van der Waals surface area contributed by atoms with Crippen LogP contribution in [0, 0.1) is 5.82 Å². The molecule has 0 aliphatic carbocycles. The zero-order valence-corrected chi connectivity index (χ0v) is 8.87. The van der Waals surface area contributed by atoms with E-state index in [0.29, 0.717) is 29.4 Å². The minimum atomic E-state index is -0.357. The van der Waals surface area contributed by atoms with Crippen LogP contribution in [0.15, 0.2) is 34.7 Å². The highest BCUT2D eigenvalue weighted by Crippen LogP contribution is 2.28. The zero-order valence-electron chi connectivity index (χ0n) is 8.87. The summed E-state index contributed by atoms with van der Waals surface area (Å²) in [5.74, 6) is 0.968. The number of ether oxygens (including phenoxy) is 1. The number of hydrogen-bond donors (Lipinski definition) is 1. The van der Waals surface area contributed by atoms with Gasteiger partial charge in [0.05, 0.1) is 0 Å². The Labute approximate surface area is 92.6 Å². The van der Waals surface area contributed by atoms with Gasteiger partial charge in [-0.15, -0.1) is 0 Å². The first-order valence-corrected chi connectivity index (χ1v) is 4.84. The van der Waals surface area contributed by atoms with Crippen molar-refractivity contribution in [2.75, 3.05) is 12.8 Å². The van der Waals surface area contributed by atoms with Crippen molar-refractivity contribution < 1.29 is 13.5 Å². The number of benzene rings is 1. The Morgan fingerprint density at radius 1 is 1.31 bits per heavy atom. The average molecular weight is 221 g/mol. The van der Waals surface area contributed by atoms with Crippen LogP contribution in [0.4, 0.5) is 10.1 Å². The molecule has 2 rings (SSSR count). The predicted molar refractivity (Wildman–Crippen MR) is 59.2 cm³/mol. The number of methoxy groups -OCH3 is 1. The van der Waals surface area contributed by atoms with E-state index in [-0.39, 0.29) is 5.82 Å². The standard InChI is InChI=1S/C12H12FNO2/c1-15-7-9-3-5-12(16-9)10-4-2-8(13)6-11(10)14/h2-6H,7,14H2,1H3. The molecule has 0 bridgehead atoms. The number of nitrogen functional groups attached to an aromatic ring is 1. The Kier molecular flexibility index (Phi) is 2.92. The van der Waals surface area contributed by atoms with Gasteiger partial charge in [0.1, 0.15) is 23.9 Å². The van der Waals surface area contributed by atoms with Crippen molar-refractivity contribution in [2.24, 2.45) is 0 Å². The van der Waals surface area contributed by atoms with Gasteiger partial charge in [-0.3, -0.25) is 0 Å². The van der Waals surface area contributed by atoms with Crippen LogP contribution in [0.3, 0.4) is 0 Å². The van der Waals surface area contributed by atoms with E-state index in [1.165, 1.54) is 12.1 Å². The fourth-order valence-corrected chi connectivity index (χ4v) is 1.50. The molecule has 0 unspecified atom stereocenters. The first-order chi connectivity index (χ1) is 7.70. The van der Waals surface area contributed by atoms with Crippen LogP contribution in [0.5, 0.6) is 0 Å². The Balaban J connectivity index is 2.35. The first-order valence-electron chi connectivity index (χ1n) is 4.84. The van der Waals surface area contributed by atoms with Gasteiger partial charge in [-0.1, -0.05) is 0 Å². The van der Waals surface area contributed by atoms with Crippen molar-refractivity contribution >= 4 is 5.69 Å². The second-order valence-electron chi connectivity index (χ2n) is 3.43. The minimum absolute atomic E-state index is 0.357. The lowest BCUT2D eigenvalue weighted by Crippen LogP contribution is -1.90. The summed E-state index contributed by atoms with van der Waals surface area (Å²) in [5.41, 5.74) is 6.75. The smallest absolute Gasteiger partial charge is 0.136 e. The van der Waals surface area contributed by atoms with Gasteiger partial charge < -0.3 is 14.9 Å². The Hall–Kier alpha value is -1.81. The zero-order chi connectivity index (χ0) is 11.5. The lowest BCUT2D eigenvalue weighted by atomic mass is 10.1. The molecule has 2 aromatic rings. The van der Waals surface area contributed by atoms with Crippen molar-refractivity contribution in [3.8, 4) is 11.3 Å². The maximum absolute atomic E-state index is 12.9. The summed E-state index contributed by atoms with van der Waals surface area (Å²) in [6.45, 7) is 0.404. The summed E-state index contributed by atoms with van der Waals surface area (Å²) in [7, 11) is 1.59. The molecule has 0 saturated carbocycles. The molecule has 16 heavy (non-hydrogen) atoms. The summed E-state index contributed by atoms with van der Waals surface area (Å²) in [6, 6.07) is 7.82. The Morgan fingerprint density at radius 3 is 2.81 bits per heavy atom. The number of anilines is 1. The van der Waals surface area contributed by atoms with Gasteiger partial charge in [-0.25, -0.2) is 4.39 Å². The van der Waals surface area contributed by atoms with Crippen molar-refractivity contribution in [1.82, 2.24) is 0 Å². The lowest BCUT2D eigenvalue weighted by molar-refractivity contribution is 0.165. The number of hydrogen-bond acceptors (Lipinski definition) is 3. The quantitative estimate of drug-likeness (QED) is 0.811. The van der Waals surface area contributed by atoms with Crippen molar-refractivity contribution in [2.45, 2.75) is 6.61 Å². The highest BCUT2D eigenvalue weighted by Gasteiger charge is 2.08. The predicted octanol–water partition coefficient (Wildman–Crippen LogP) is 2.81. The summed E-state index contributed by atoms with van der Waals surface area (Å²) in [6.07, 6.45) is 0. The van der Waals surface area contributed by atoms with Crippen molar-refractivity contribution in [3.05, 3.63) is 41.9 Å². The van der Waals surface area contributed by atoms with E-state index in [1.54, 1.807) is 19.2 Å². The molecule has 1 aromatic carbocycles. The lowest BCUT2D eigenvalue weighted by Gasteiger charge is -2.02. The highest BCUT2D eigenvalue weighted by molar-refractivity contribution is 5.72. The molecule has 0 saturated heterocycles. The molecule has 0 radical (unpaired) electrons. The summed E-state index contributed by atoms with van der Waals surface area (Å²) in [4.78, 5) is 0.